The standard InChI is InChI=1S/C24H46F4O/c1-22(2,3)18-17-21-29-20-16-14-12-10-8-6-5-7-9-11-13-15-19-23(4,25)24(26,27)28/h5-21H2,1-4H3. The lowest BCUT2D eigenvalue weighted by Gasteiger charge is -2.23. The van der Waals surface area contributed by atoms with Crippen molar-refractivity contribution in [1.29, 1.82) is 0 Å². The topological polar surface area (TPSA) is 9.23 Å². The van der Waals surface area contributed by atoms with Gasteiger partial charge in [-0.3, -0.25) is 0 Å². The summed E-state index contributed by atoms with van der Waals surface area (Å²) in [7, 11) is 0. The van der Waals surface area contributed by atoms with Crippen molar-refractivity contribution in [2.45, 2.75) is 136 Å². The van der Waals surface area contributed by atoms with Gasteiger partial charge in [0, 0.05) is 13.2 Å². The van der Waals surface area contributed by atoms with Crippen molar-refractivity contribution in [3.05, 3.63) is 0 Å². The van der Waals surface area contributed by atoms with E-state index in [1.807, 2.05) is 0 Å². The molecule has 0 aliphatic heterocycles. The second-order valence-corrected chi connectivity index (χ2v) is 9.96. The van der Waals surface area contributed by atoms with Crippen LogP contribution in [0.3, 0.4) is 0 Å². The van der Waals surface area contributed by atoms with E-state index in [9.17, 15) is 17.6 Å². The molecule has 0 rings (SSSR count). The molecule has 0 aromatic carbocycles. The van der Waals surface area contributed by atoms with E-state index in [-0.39, 0.29) is 0 Å². The third-order valence-electron chi connectivity index (χ3n) is 5.49. The largest absolute Gasteiger partial charge is 0.422 e. The summed E-state index contributed by atoms with van der Waals surface area (Å²) >= 11 is 0. The van der Waals surface area contributed by atoms with Crippen LogP contribution in [0, 0.1) is 5.41 Å². The van der Waals surface area contributed by atoms with E-state index in [1.54, 1.807) is 0 Å². The molecule has 0 aliphatic rings. The Morgan fingerprint density at radius 3 is 1.28 bits per heavy atom. The van der Waals surface area contributed by atoms with Crippen molar-refractivity contribution < 1.29 is 22.3 Å². The van der Waals surface area contributed by atoms with Gasteiger partial charge >= 0.3 is 6.18 Å². The maximum atomic E-state index is 13.4. The van der Waals surface area contributed by atoms with E-state index >= 15 is 0 Å². The minimum atomic E-state index is -4.74. The first-order valence-electron chi connectivity index (χ1n) is 11.8. The number of hydrogen-bond acceptors (Lipinski definition) is 1. The Bertz CT molecular complexity index is 372. The first-order chi connectivity index (χ1) is 13.5. The van der Waals surface area contributed by atoms with Crippen LogP contribution in [0.5, 0.6) is 0 Å². The van der Waals surface area contributed by atoms with Gasteiger partial charge in [0.05, 0.1) is 0 Å². The number of rotatable bonds is 18. The Kier molecular flexibility index (Phi) is 15.3. The average molecular weight is 427 g/mol. The van der Waals surface area contributed by atoms with E-state index < -0.39 is 18.3 Å². The maximum Gasteiger partial charge on any atom is 0.422 e. The fraction of sp³-hybridized carbons (Fsp3) is 1.00. The predicted octanol–water partition coefficient (Wildman–Crippen LogP) is 9.19. The normalized spacial score (nSPS) is 14.9. The van der Waals surface area contributed by atoms with Crippen LogP contribution in [0.15, 0.2) is 0 Å². The predicted molar refractivity (Wildman–Crippen MR) is 115 cm³/mol. The zero-order valence-electron chi connectivity index (χ0n) is 19.4. The second-order valence-electron chi connectivity index (χ2n) is 9.96. The van der Waals surface area contributed by atoms with Gasteiger partial charge in [0.2, 0.25) is 5.67 Å². The highest BCUT2D eigenvalue weighted by Crippen LogP contribution is 2.37. The van der Waals surface area contributed by atoms with Gasteiger partial charge in [-0.1, -0.05) is 85.0 Å². The van der Waals surface area contributed by atoms with Gasteiger partial charge in [0.15, 0.2) is 0 Å². The number of unbranched alkanes of at least 4 members (excludes halogenated alkanes) is 11. The maximum absolute atomic E-state index is 13.4. The van der Waals surface area contributed by atoms with Crippen molar-refractivity contribution in [3.63, 3.8) is 0 Å². The van der Waals surface area contributed by atoms with E-state index in [4.69, 9.17) is 4.74 Å². The Labute approximate surface area is 177 Å². The molecule has 0 aromatic heterocycles. The second kappa shape index (κ2) is 15.5. The molecule has 5 heteroatoms. The quantitative estimate of drug-likeness (QED) is 0.157. The van der Waals surface area contributed by atoms with Gasteiger partial charge in [-0.15, -0.1) is 0 Å². The molecule has 1 unspecified atom stereocenters. The molecule has 0 aliphatic carbocycles. The smallest absolute Gasteiger partial charge is 0.381 e. The third-order valence-corrected chi connectivity index (χ3v) is 5.49. The van der Waals surface area contributed by atoms with Crippen molar-refractivity contribution in [3.8, 4) is 0 Å². The first-order valence-corrected chi connectivity index (χ1v) is 11.8. The molecule has 0 aromatic rings. The summed E-state index contributed by atoms with van der Waals surface area (Å²) in [5.74, 6) is 0. The first kappa shape index (κ1) is 28.7. The van der Waals surface area contributed by atoms with E-state index in [2.05, 4.69) is 20.8 Å². The van der Waals surface area contributed by atoms with Crippen LogP contribution in [0.2, 0.25) is 0 Å². The van der Waals surface area contributed by atoms with Gasteiger partial charge < -0.3 is 4.74 Å². The highest BCUT2D eigenvalue weighted by Gasteiger charge is 2.51. The Hall–Kier alpha value is -0.320. The van der Waals surface area contributed by atoms with Crippen LogP contribution in [-0.4, -0.2) is 25.1 Å². The lowest BCUT2D eigenvalue weighted by molar-refractivity contribution is -0.226. The Morgan fingerprint density at radius 2 is 0.862 bits per heavy atom. The fourth-order valence-corrected chi connectivity index (χ4v) is 3.38. The molecule has 1 nitrogen and oxygen atoms in total. The van der Waals surface area contributed by atoms with Gasteiger partial charge in [-0.05, 0) is 44.4 Å². The van der Waals surface area contributed by atoms with E-state index in [0.717, 1.165) is 45.3 Å². The van der Waals surface area contributed by atoms with Gasteiger partial charge in [-0.25, -0.2) is 4.39 Å². The summed E-state index contributed by atoms with van der Waals surface area (Å²) in [6, 6.07) is 0. The lowest BCUT2D eigenvalue weighted by Crippen LogP contribution is -2.37. The van der Waals surface area contributed by atoms with Crippen molar-refractivity contribution in [2.75, 3.05) is 13.2 Å². The summed E-state index contributed by atoms with van der Waals surface area (Å²) in [6.07, 6.45) is 9.91. The monoisotopic (exact) mass is 426 g/mol. The molecule has 176 valence electrons. The van der Waals surface area contributed by atoms with Crippen molar-refractivity contribution >= 4 is 0 Å². The van der Waals surface area contributed by atoms with Crippen LogP contribution in [0.4, 0.5) is 17.6 Å². The van der Waals surface area contributed by atoms with Crippen LogP contribution >= 0.6 is 0 Å². The summed E-state index contributed by atoms with van der Waals surface area (Å²) < 4.78 is 56.3. The highest BCUT2D eigenvalue weighted by atomic mass is 19.4. The third kappa shape index (κ3) is 18.2. The number of halogens is 4. The zero-order valence-corrected chi connectivity index (χ0v) is 19.4. The van der Waals surface area contributed by atoms with Crippen LogP contribution in [0.25, 0.3) is 0 Å². The minimum Gasteiger partial charge on any atom is -0.381 e. The molecule has 0 saturated carbocycles. The Morgan fingerprint density at radius 1 is 0.483 bits per heavy atom. The van der Waals surface area contributed by atoms with Crippen LogP contribution in [-0.2, 0) is 4.74 Å². The lowest BCUT2D eigenvalue weighted by atomic mass is 9.91. The molecule has 0 heterocycles. The summed E-state index contributed by atoms with van der Waals surface area (Å²) in [6.45, 7) is 9.20. The molecular weight excluding hydrogens is 380 g/mol. The van der Waals surface area contributed by atoms with Crippen LogP contribution in [0.1, 0.15) is 124 Å². The SMILES string of the molecule is CC(C)(C)CCCOCCCCCCCCCCCCCCC(C)(F)C(F)(F)F. The summed E-state index contributed by atoms with van der Waals surface area (Å²) in [5, 5.41) is 0. The highest BCUT2D eigenvalue weighted by molar-refractivity contribution is 4.81. The number of alkyl halides is 4. The molecular formula is C24H46F4O. The minimum absolute atomic E-state index is 0.312. The van der Waals surface area contributed by atoms with Gasteiger partial charge in [-0.2, -0.15) is 13.2 Å². The van der Waals surface area contributed by atoms with E-state index in [1.165, 1.54) is 44.9 Å². The molecule has 29 heavy (non-hydrogen) atoms. The van der Waals surface area contributed by atoms with Crippen molar-refractivity contribution in [1.82, 2.24) is 0 Å². The molecule has 0 amide bonds. The molecule has 0 saturated heterocycles. The molecule has 0 fully saturated rings. The van der Waals surface area contributed by atoms with Gasteiger partial charge in [0.25, 0.3) is 0 Å². The van der Waals surface area contributed by atoms with E-state index in [0.29, 0.717) is 25.2 Å². The summed E-state index contributed by atoms with van der Waals surface area (Å²) in [4.78, 5) is 0. The van der Waals surface area contributed by atoms with Crippen molar-refractivity contribution in [2.24, 2.45) is 5.41 Å². The molecule has 0 bridgehead atoms. The number of ether oxygens (including phenoxy) is 1. The molecule has 1 atom stereocenters. The fourth-order valence-electron chi connectivity index (χ4n) is 3.38. The average Bonchev–Trinajstić information content (AvgIpc) is 2.58. The van der Waals surface area contributed by atoms with Gasteiger partial charge in [0.1, 0.15) is 0 Å². The summed E-state index contributed by atoms with van der Waals surface area (Å²) in [5.41, 5.74) is -2.64. The Balaban J connectivity index is 3.23. The number of hydrogen-bond donors (Lipinski definition) is 0. The molecule has 0 radical (unpaired) electrons. The molecule has 0 N–H and O–H groups in total. The van der Waals surface area contributed by atoms with Crippen LogP contribution < -0.4 is 0 Å². The molecule has 0 spiro atoms. The zero-order chi connectivity index (χ0) is 22.2.